The average molecular weight is 237 g/mol. The molecule has 0 fully saturated rings. The molecular weight excluding hydrogens is 226 g/mol. The highest BCUT2D eigenvalue weighted by Crippen LogP contribution is 2.36. The number of nitrogens with zero attached hydrogens (tertiary/aromatic N) is 1. The zero-order chi connectivity index (χ0) is 12.5. The van der Waals surface area contributed by atoms with Gasteiger partial charge in [0.1, 0.15) is 6.61 Å². The van der Waals surface area contributed by atoms with E-state index in [-0.39, 0.29) is 0 Å². The molecule has 1 N–H and O–H groups in total. The maximum Gasteiger partial charge on any atom is 0.297 e. The third-order valence-electron chi connectivity index (χ3n) is 2.11. The Labute approximate surface area is 90.1 Å². The highest BCUT2D eigenvalue weighted by molar-refractivity contribution is 5.56. The van der Waals surface area contributed by atoms with E-state index in [4.69, 9.17) is 5.11 Å². The maximum atomic E-state index is 13.3. The van der Waals surface area contributed by atoms with Gasteiger partial charge >= 0.3 is 0 Å². The zero-order valence-corrected chi connectivity index (χ0v) is 8.77. The Morgan fingerprint density at radius 1 is 1.25 bits per heavy atom. The quantitative estimate of drug-likeness (QED) is 0.814. The summed E-state index contributed by atoms with van der Waals surface area (Å²) in [5.41, 5.74) is -1.29. The lowest BCUT2D eigenvalue weighted by molar-refractivity contribution is -0.0553. The van der Waals surface area contributed by atoms with Crippen molar-refractivity contribution in [2.75, 3.05) is 25.6 Å². The second-order valence-electron chi connectivity index (χ2n) is 3.51. The molecule has 0 aromatic heterocycles. The van der Waals surface area contributed by atoms with Crippen LogP contribution in [0.25, 0.3) is 0 Å². The van der Waals surface area contributed by atoms with Crippen molar-refractivity contribution in [3.05, 3.63) is 29.3 Å². The van der Waals surface area contributed by atoms with E-state index in [0.29, 0.717) is 6.07 Å². The molecule has 0 saturated carbocycles. The molecule has 0 amide bonds. The monoisotopic (exact) mass is 237 g/mol. The molecule has 1 aromatic carbocycles. The molecule has 16 heavy (non-hydrogen) atoms. The summed E-state index contributed by atoms with van der Waals surface area (Å²) in [5.74, 6) is -6.16. The summed E-state index contributed by atoms with van der Waals surface area (Å²) in [4.78, 5) is 1.04. The van der Waals surface area contributed by atoms with E-state index in [1.54, 1.807) is 0 Å². The van der Waals surface area contributed by atoms with Crippen molar-refractivity contribution in [2.45, 2.75) is 5.92 Å². The smallest absolute Gasteiger partial charge is 0.297 e. The first-order chi connectivity index (χ1) is 7.31. The van der Waals surface area contributed by atoms with Crippen molar-refractivity contribution in [1.29, 1.82) is 0 Å². The number of hydrogen-bond donors (Lipinski definition) is 1. The first-order valence-electron chi connectivity index (χ1n) is 4.45. The van der Waals surface area contributed by atoms with E-state index in [1.165, 1.54) is 14.1 Å². The molecule has 2 nitrogen and oxygen atoms in total. The van der Waals surface area contributed by atoms with Crippen molar-refractivity contribution in [1.82, 2.24) is 0 Å². The predicted octanol–water partition coefficient (Wildman–Crippen LogP) is 2.11. The maximum absolute atomic E-state index is 13.3. The first-order valence-corrected chi connectivity index (χ1v) is 4.45. The number of hydrogen-bond acceptors (Lipinski definition) is 2. The van der Waals surface area contributed by atoms with Crippen LogP contribution in [-0.2, 0) is 5.92 Å². The SMILES string of the molecule is CN(C)c1c(C(F)(F)CO)ccc(F)c1F. The van der Waals surface area contributed by atoms with Gasteiger partial charge < -0.3 is 10.0 Å². The van der Waals surface area contributed by atoms with E-state index in [1.807, 2.05) is 0 Å². The number of alkyl halides is 2. The second kappa shape index (κ2) is 4.29. The molecule has 0 atom stereocenters. The minimum atomic E-state index is -3.60. The van der Waals surface area contributed by atoms with Crippen molar-refractivity contribution in [2.24, 2.45) is 0 Å². The van der Waals surface area contributed by atoms with Crippen LogP contribution in [0.4, 0.5) is 23.2 Å². The van der Waals surface area contributed by atoms with E-state index in [9.17, 15) is 17.6 Å². The third kappa shape index (κ3) is 2.11. The van der Waals surface area contributed by atoms with Crippen LogP contribution < -0.4 is 4.90 Å². The number of anilines is 1. The van der Waals surface area contributed by atoms with E-state index < -0.39 is 35.4 Å². The van der Waals surface area contributed by atoms with Crippen molar-refractivity contribution in [3.8, 4) is 0 Å². The van der Waals surface area contributed by atoms with Crippen LogP contribution in [0, 0.1) is 11.6 Å². The lowest BCUT2D eigenvalue weighted by atomic mass is 10.1. The summed E-state index contributed by atoms with van der Waals surface area (Å²) < 4.78 is 52.8. The molecule has 6 heteroatoms. The molecule has 0 spiro atoms. The van der Waals surface area contributed by atoms with Gasteiger partial charge in [-0.25, -0.2) is 8.78 Å². The Hall–Kier alpha value is -1.30. The average Bonchev–Trinajstić information content (AvgIpc) is 2.21. The Bertz CT molecular complexity index is 393. The fourth-order valence-electron chi connectivity index (χ4n) is 1.36. The highest BCUT2D eigenvalue weighted by Gasteiger charge is 2.35. The van der Waals surface area contributed by atoms with Crippen molar-refractivity contribution < 1.29 is 22.7 Å². The van der Waals surface area contributed by atoms with Gasteiger partial charge in [0, 0.05) is 19.7 Å². The van der Waals surface area contributed by atoms with Gasteiger partial charge in [-0.3, -0.25) is 0 Å². The molecule has 1 rings (SSSR count). The van der Waals surface area contributed by atoms with Crippen LogP contribution in [-0.4, -0.2) is 25.8 Å². The Kier molecular flexibility index (Phi) is 3.42. The summed E-state index contributed by atoms with van der Waals surface area (Å²) in [7, 11) is 2.63. The van der Waals surface area contributed by atoms with Gasteiger partial charge in [-0.05, 0) is 12.1 Å². The molecule has 90 valence electrons. The zero-order valence-electron chi connectivity index (χ0n) is 8.77. The number of aliphatic hydroxyl groups excluding tert-OH is 1. The standard InChI is InChI=1S/C10H11F4NO/c1-15(2)9-6(10(13,14)5-16)3-4-7(11)8(9)12/h3-4,16H,5H2,1-2H3. The normalized spacial score (nSPS) is 11.7. The van der Waals surface area contributed by atoms with Crippen LogP contribution >= 0.6 is 0 Å². The van der Waals surface area contributed by atoms with Gasteiger partial charge in [-0.15, -0.1) is 0 Å². The molecule has 0 unspecified atom stereocenters. The highest BCUT2D eigenvalue weighted by atomic mass is 19.3. The number of halogens is 4. The topological polar surface area (TPSA) is 23.5 Å². The minimum absolute atomic E-state index is 0.556. The van der Waals surface area contributed by atoms with E-state index >= 15 is 0 Å². The largest absolute Gasteiger partial charge is 0.390 e. The Balaban J connectivity index is 3.46. The van der Waals surface area contributed by atoms with Crippen LogP contribution in [0.15, 0.2) is 12.1 Å². The molecule has 0 aliphatic rings. The van der Waals surface area contributed by atoms with E-state index in [2.05, 4.69) is 0 Å². The molecular formula is C10H11F4NO. The summed E-state index contributed by atoms with van der Waals surface area (Å²) >= 11 is 0. The lowest BCUT2D eigenvalue weighted by Gasteiger charge is -2.23. The number of aliphatic hydroxyl groups is 1. The second-order valence-corrected chi connectivity index (χ2v) is 3.51. The first kappa shape index (κ1) is 12.8. The van der Waals surface area contributed by atoms with Crippen LogP contribution in [0.3, 0.4) is 0 Å². The van der Waals surface area contributed by atoms with Gasteiger partial charge in [-0.1, -0.05) is 0 Å². The Morgan fingerprint density at radius 2 is 1.81 bits per heavy atom. The lowest BCUT2D eigenvalue weighted by Crippen LogP contribution is -2.24. The summed E-state index contributed by atoms with van der Waals surface area (Å²) in [6.45, 7) is -1.46. The van der Waals surface area contributed by atoms with Gasteiger partial charge in [0.05, 0.1) is 5.69 Å². The summed E-state index contributed by atoms with van der Waals surface area (Å²) in [6, 6.07) is 1.38. The molecule has 0 saturated heterocycles. The fourth-order valence-corrected chi connectivity index (χ4v) is 1.36. The molecule has 0 radical (unpaired) electrons. The van der Waals surface area contributed by atoms with Gasteiger partial charge in [0.15, 0.2) is 11.6 Å². The van der Waals surface area contributed by atoms with Crippen LogP contribution in [0.5, 0.6) is 0 Å². The molecule has 0 aliphatic heterocycles. The van der Waals surface area contributed by atoms with Crippen LogP contribution in [0.2, 0.25) is 0 Å². The number of benzene rings is 1. The number of rotatable bonds is 3. The molecule has 0 bridgehead atoms. The molecule has 1 aromatic rings. The van der Waals surface area contributed by atoms with Crippen molar-refractivity contribution in [3.63, 3.8) is 0 Å². The van der Waals surface area contributed by atoms with Gasteiger partial charge in [0.2, 0.25) is 0 Å². The van der Waals surface area contributed by atoms with Gasteiger partial charge in [-0.2, -0.15) is 8.78 Å². The van der Waals surface area contributed by atoms with Crippen molar-refractivity contribution >= 4 is 5.69 Å². The molecule has 0 heterocycles. The molecule has 0 aliphatic carbocycles. The summed E-state index contributed by atoms with van der Waals surface area (Å²) in [5, 5.41) is 8.53. The van der Waals surface area contributed by atoms with Crippen LogP contribution in [0.1, 0.15) is 5.56 Å². The summed E-state index contributed by atoms with van der Waals surface area (Å²) in [6.07, 6.45) is 0. The van der Waals surface area contributed by atoms with Gasteiger partial charge in [0.25, 0.3) is 5.92 Å². The van der Waals surface area contributed by atoms with E-state index in [0.717, 1.165) is 11.0 Å². The minimum Gasteiger partial charge on any atom is -0.390 e. The Morgan fingerprint density at radius 3 is 2.25 bits per heavy atom. The third-order valence-corrected chi connectivity index (χ3v) is 2.11. The fraction of sp³-hybridized carbons (Fsp3) is 0.400. The predicted molar refractivity (Wildman–Crippen MR) is 51.7 cm³/mol.